The molecule has 4 aromatic carbocycles. The van der Waals surface area contributed by atoms with Crippen molar-refractivity contribution in [2.75, 3.05) is 0 Å². The molecule has 3 heteroatoms. The Balaban J connectivity index is 0.00000117. The lowest BCUT2D eigenvalue weighted by Crippen LogP contribution is -1.99. The van der Waals surface area contributed by atoms with E-state index >= 15 is 0 Å². The van der Waals surface area contributed by atoms with Crippen molar-refractivity contribution in [3.63, 3.8) is 0 Å². The summed E-state index contributed by atoms with van der Waals surface area (Å²) < 4.78 is 6.14. The number of fused-ring (bicyclic) bond motifs is 6. The molecule has 0 bridgehead atoms. The van der Waals surface area contributed by atoms with Crippen LogP contribution in [-0.4, -0.2) is 9.97 Å². The van der Waals surface area contributed by atoms with Crippen molar-refractivity contribution < 1.29 is 4.42 Å². The third kappa shape index (κ3) is 3.51. The fourth-order valence-corrected chi connectivity index (χ4v) is 5.32. The second-order valence-corrected chi connectivity index (χ2v) is 8.86. The van der Waals surface area contributed by atoms with Crippen molar-refractivity contribution in [2.45, 2.75) is 33.6 Å². The number of hydrogen-bond acceptors (Lipinski definition) is 3. The molecule has 0 radical (unpaired) electrons. The van der Waals surface area contributed by atoms with Gasteiger partial charge >= 0.3 is 0 Å². The Morgan fingerprint density at radius 3 is 2.17 bits per heavy atom. The van der Waals surface area contributed by atoms with Gasteiger partial charge in [0.1, 0.15) is 17.0 Å². The van der Waals surface area contributed by atoms with E-state index in [0.29, 0.717) is 0 Å². The molecular formula is C33H28N2O. The first-order valence-electron chi connectivity index (χ1n) is 12.8. The number of rotatable bonds is 3. The molecule has 0 fully saturated rings. The molecule has 36 heavy (non-hydrogen) atoms. The van der Waals surface area contributed by atoms with Crippen LogP contribution in [0.2, 0.25) is 0 Å². The fourth-order valence-electron chi connectivity index (χ4n) is 5.32. The largest absolute Gasteiger partial charge is 0.456 e. The van der Waals surface area contributed by atoms with Gasteiger partial charge in [0.05, 0.1) is 11.4 Å². The summed E-state index contributed by atoms with van der Waals surface area (Å²) in [6.45, 7) is 6.11. The third-order valence-corrected chi connectivity index (χ3v) is 6.86. The summed E-state index contributed by atoms with van der Waals surface area (Å²) in [5, 5.41) is 2.22. The van der Waals surface area contributed by atoms with Gasteiger partial charge in [0.25, 0.3) is 0 Å². The van der Waals surface area contributed by atoms with Gasteiger partial charge in [0, 0.05) is 28.3 Å². The average molecular weight is 469 g/mol. The molecule has 0 atom stereocenters. The van der Waals surface area contributed by atoms with Crippen LogP contribution < -0.4 is 0 Å². The lowest BCUT2D eigenvalue weighted by atomic mass is 9.96. The lowest BCUT2D eigenvalue weighted by molar-refractivity contribution is 0.669. The van der Waals surface area contributed by atoms with E-state index in [0.717, 1.165) is 57.6 Å². The quantitative estimate of drug-likeness (QED) is 0.260. The molecule has 176 valence electrons. The van der Waals surface area contributed by atoms with E-state index in [1.165, 1.54) is 27.8 Å². The van der Waals surface area contributed by atoms with E-state index in [-0.39, 0.29) is 0 Å². The summed E-state index contributed by atoms with van der Waals surface area (Å²) in [6.07, 6.45) is 1.74. The molecule has 0 N–H and O–H groups in total. The maximum atomic E-state index is 6.14. The molecule has 0 aliphatic heterocycles. The lowest BCUT2D eigenvalue weighted by Gasteiger charge is -2.13. The normalized spacial score (nSPS) is 11.8. The van der Waals surface area contributed by atoms with E-state index in [1.54, 1.807) is 0 Å². The standard InChI is InChI=1S/C31H22N2O.C2H6/c1-2-29-32-25(22-13-7-10-20-17-19-9-3-4-11-21(19)30(20)22)18-26(33-29)23-14-8-16-28-31(23)24-12-5-6-15-27(24)34-28;1-2/h3-16,18H,2,17H2,1H3;1-2H3. The number of nitrogens with zero attached hydrogens (tertiary/aromatic N) is 2. The summed E-state index contributed by atoms with van der Waals surface area (Å²) in [7, 11) is 0. The van der Waals surface area contributed by atoms with E-state index in [4.69, 9.17) is 14.4 Å². The molecule has 1 aliphatic rings. The van der Waals surface area contributed by atoms with Gasteiger partial charge in [-0.05, 0) is 46.9 Å². The predicted molar refractivity (Wildman–Crippen MR) is 149 cm³/mol. The zero-order chi connectivity index (χ0) is 24.6. The van der Waals surface area contributed by atoms with Crippen molar-refractivity contribution in [1.82, 2.24) is 9.97 Å². The van der Waals surface area contributed by atoms with Crippen molar-refractivity contribution in [3.8, 4) is 33.6 Å². The Hall–Kier alpha value is -4.24. The van der Waals surface area contributed by atoms with E-state index in [9.17, 15) is 0 Å². The van der Waals surface area contributed by atoms with Gasteiger partial charge in [-0.2, -0.15) is 0 Å². The number of aromatic nitrogens is 2. The van der Waals surface area contributed by atoms with Crippen LogP contribution in [0.1, 0.15) is 37.7 Å². The molecule has 3 nitrogen and oxygen atoms in total. The highest BCUT2D eigenvalue weighted by Crippen LogP contribution is 2.43. The Bertz CT molecular complexity index is 1730. The van der Waals surface area contributed by atoms with Crippen LogP contribution in [0.3, 0.4) is 0 Å². The van der Waals surface area contributed by atoms with E-state index in [1.807, 2.05) is 38.1 Å². The SMILES string of the molecule is CC.CCc1nc(-c2cccc3c2-c2ccccc2C3)cc(-c2cccc3oc4ccccc4c23)n1. The smallest absolute Gasteiger partial charge is 0.136 e. The van der Waals surface area contributed by atoms with Crippen LogP contribution in [0.5, 0.6) is 0 Å². The van der Waals surface area contributed by atoms with Crippen molar-refractivity contribution in [2.24, 2.45) is 0 Å². The Morgan fingerprint density at radius 1 is 0.667 bits per heavy atom. The molecule has 0 amide bonds. The highest BCUT2D eigenvalue weighted by molar-refractivity contribution is 6.12. The molecule has 0 spiro atoms. The van der Waals surface area contributed by atoms with E-state index in [2.05, 4.69) is 73.7 Å². The maximum Gasteiger partial charge on any atom is 0.136 e. The van der Waals surface area contributed by atoms with Crippen molar-refractivity contribution in [3.05, 3.63) is 108 Å². The van der Waals surface area contributed by atoms with Gasteiger partial charge in [-0.1, -0.05) is 93.6 Å². The van der Waals surface area contributed by atoms with Gasteiger partial charge in [0.2, 0.25) is 0 Å². The molecule has 2 heterocycles. The minimum atomic E-state index is 0.772. The number of aryl methyl sites for hydroxylation is 1. The minimum absolute atomic E-state index is 0.772. The first kappa shape index (κ1) is 22.2. The average Bonchev–Trinajstić information content (AvgIpc) is 3.52. The summed E-state index contributed by atoms with van der Waals surface area (Å²) in [5.74, 6) is 0.848. The fraction of sp³-hybridized carbons (Fsp3) is 0.152. The molecule has 6 aromatic rings. The van der Waals surface area contributed by atoms with Crippen molar-refractivity contribution in [1.29, 1.82) is 0 Å². The summed E-state index contributed by atoms with van der Waals surface area (Å²) >= 11 is 0. The highest BCUT2D eigenvalue weighted by atomic mass is 16.3. The van der Waals surface area contributed by atoms with Gasteiger partial charge < -0.3 is 4.42 Å². The predicted octanol–water partition coefficient (Wildman–Crippen LogP) is 8.87. The van der Waals surface area contributed by atoms with Gasteiger partial charge in [-0.15, -0.1) is 0 Å². The monoisotopic (exact) mass is 468 g/mol. The second kappa shape index (κ2) is 9.09. The summed E-state index contributed by atoms with van der Waals surface area (Å²) in [4.78, 5) is 9.96. The summed E-state index contributed by atoms with van der Waals surface area (Å²) in [6, 6.07) is 31.9. The number of benzene rings is 4. The van der Waals surface area contributed by atoms with Gasteiger partial charge in [0.15, 0.2) is 0 Å². The van der Waals surface area contributed by atoms with Crippen molar-refractivity contribution >= 4 is 21.9 Å². The second-order valence-electron chi connectivity index (χ2n) is 8.86. The molecule has 0 saturated heterocycles. The minimum Gasteiger partial charge on any atom is -0.456 e. The zero-order valence-corrected chi connectivity index (χ0v) is 20.9. The van der Waals surface area contributed by atoms with Crippen LogP contribution in [-0.2, 0) is 12.8 Å². The topological polar surface area (TPSA) is 38.9 Å². The molecule has 0 unspecified atom stereocenters. The third-order valence-electron chi connectivity index (χ3n) is 6.86. The van der Waals surface area contributed by atoms with Gasteiger partial charge in [-0.25, -0.2) is 9.97 Å². The Morgan fingerprint density at radius 2 is 1.31 bits per heavy atom. The van der Waals surface area contributed by atoms with Crippen LogP contribution in [0.25, 0.3) is 55.6 Å². The van der Waals surface area contributed by atoms with Gasteiger partial charge in [-0.3, -0.25) is 0 Å². The zero-order valence-electron chi connectivity index (χ0n) is 20.9. The first-order valence-corrected chi connectivity index (χ1v) is 12.8. The Labute approximate surface area is 211 Å². The van der Waals surface area contributed by atoms with Crippen LogP contribution in [0.4, 0.5) is 0 Å². The Kier molecular flexibility index (Phi) is 5.61. The molecular weight excluding hydrogens is 440 g/mol. The van der Waals surface area contributed by atoms with E-state index < -0.39 is 0 Å². The van der Waals surface area contributed by atoms with Crippen LogP contribution >= 0.6 is 0 Å². The number of furan rings is 1. The molecule has 1 aliphatic carbocycles. The number of para-hydroxylation sites is 1. The molecule has 7 rings (SSSR count). The van der Waals surface area contributed by atoms with Crippen LogP contribution in [0, 0.1) is 0 Å². The first-order chi connectivity index (χ1) is 17.8. The number of hydrogen-bond donors (Lipinski definition) is 0. The molecule has 0 saturated carbocycles. The molecule has 2 aromatic heterocycles. The summed E-state index contributed by atoms with van der Waals surface area (Å²) in [5.41, 5.74) is 11.3. The van der Waals surface area contributed by atoms with Crippen LogP contribution in [0.15, 0.2) is 95.4 Å². The highest BCUT2D eigenvalue weighted by Gasteiger charge is 2.23. The maximum absolute atomic E-state index is 6.14.